The molecule has 2 amide bonds. The minimum absolute atomic E-state index is 0.0943. The molecule has 26 heavy (non-hydrogen) atoms. The minimum atomic E-state index is 0.0943. The molecule has 0 radical (unpaired) electrons. The second-order valence-electron chi connectivity index (χ2n) is 7.84. The van der Waals surface area contributed by atoms with E-state index in [0.717, 1.165) is 24.8 Å². The van der Waals surface area contributed by atoms with Crippen molar-refractivity contribution < 1.29 is 9.59 Å². The highest BCUT2D eigenvalue weighted by Gasteiger charge is 2.27. The maximum atomic E-state index is 12.7. The standard InChI is InChI=1S/C22H32N2O2/c1-3-5-17(4-2)16-21(25)23-12-14-24(15-13-23)22(26)20-10-8-19(9-11-20)18-6-7-18/h8-11,17-18H,3-7,12-16H2,1-2H3. The molecule has 0 aromatic heterocycles. The molecule has 1 aromatic carbocycles. The lowest BCUT2D eigenvalue weighted by Gasteiger charge is -2.35. The summed E-state index contributed by atoms with van der Waals surface area (Å²) in [5.41, 5.74) is 2.12. The first-order chi connectivity index (χ1) is 12.6. The predicted molar refractivity (Wildman–Crippen MR) is 104 cm³/mol. The van der Waals surface area contributed by atoms with Crippen LogP contribution in [0.15, 0.2) is 24.3 Å². The Kier molecular flexibility index (Phi) is 6.33. The summed E-state index contributed by atoms with van der Waals surface area (Å²) in [5, 5.41) is 0. The summed E-state index contributed by atoms with van der Waals surface area (Å²) in [7, 11) is 0. The number of piperazine rings is 1. The third-order valence-electron chi connectivity index (χ3n) is 5.86. The normalized spacial score (nSPS) is 18.7. The van der Waals surface area contributed by atoms with Gasteiger partial charge in [-0.15, -0.1) is 0 Å². The molecule has 1 aromatic rings. The molecular formula is C22H32N2O2. The molecule has 1 unspecified atom stereocenters. The molecule has 0 bridgehead atoms. The summed E-state index contributed by atoms with van der Waals surface area (Å²) in [4.78, 5) is 29.1. The highest BCUT2D eigenvalue weighted by molar-refractivity contribution is 5.94. The van der Waals surface area contributed by atoms with Crippen LogP contribution in [0.3, 0.4) is 0 Å². The first-order valence-electron chi connectivity index (χ1n) is 10.3. The van der Waals surface area contributed by atoms with Crippen LogP contribution in [0.1, 0.15) is 74.2 Å². The number of carbonyl (C=O) groups excluding carboxylic acids is 2. The van der Waals surface area contributed by atoms with Gasteiger partial charge in [0.1, 0.15) is 0 Å². The van der Waals surface area contributed by atoms with Crippen LogP contribution in [0.4, 0.5) is 0 Å². The van der Waals surface area contributed by atoms with E-state index in [9.17, 15) is 9.59 Å². The third kappa shape index (κ3) is 4.66. The zero-order valence-corrected chi connectivity index (χ0v) is 16.2. The average molecular weight is 357 g/mol. The molecule has 2 fully saturated rings. The van der Waals surface area contributed by atoms with E-state index in [1.54, 1.807) is 0 Å². The fourth-order valence-corrected chi connectivity index (χ4v) is 3.89. The highest BCUT2D eigenvalue weighted by atomic mass is 16.2. The van der Waals surface area contributed by atoms with Gasteiger partial charge in [0.2, 0.25) is 5.91 Å². The van der Waals surface area contributed by atoms with E-state index >= 15 is 0 Å². The Labute approximate surface area is 157 Å². The number of benzene rings is 1. The zero-order chi connectivity index (χ0) is 18.5. The molecule has 4 nitrogen and oxygen atoms in total. The predicted octanol–water partition coefficient (Wildman–Crippen LogP) is 4.06. The van der Waals surface area contributed by atoms with Crippen LogP contribution in [-0.2, 0) is 4.79 Å². The number of hydrogen-bond acceptors (Lipinski definition) is 2. The van der Waals surface area contributed by atoms with E-state index < -0.39 is 0 Å². The largest absolute Gasteiger partial charge is 0.339 e. The molecular weight excluding hydrogens is 324 g/mol. The van der Waals surface area contributed by atoms with Gasteiger partial charge in [-0.3, -0.25) is 9.59 Å². The second kappa shape index (κ2) is 8.70. The lowest BCUT2D eigenvalue weighted by molar-refractivity contribution is -0.133. The third-order valence-corrected chi connectivity index (χ3v) is 5.86. The summed E-state index contributed by atoms with van der Waals surface area (Å²) in [6.45, 7) is 6.94. The fraction of sp³-hybridized carbons (Fsp3) is 0.636. The molecule has 1 saturated carbocycles. The van der Waals surface area contributed by atoms with Gasteiger partial charge < -0.3 is 9.80 Å². The van der Waals surface area contributed by atoms with Gasteiger partial charge in [0.15, 0.2) is 0 Å². The molecule has 3 rings (SSSR count). The van der Waals surface area contributed by atoms with Crippen LogP contribution in [-0.4, -0.2) is 47.8 Å². The molecule has 1 aliphatic heterocycles. The van der Waals surface area contributed by atoms with Crippen molar-refractivity contribution >= 4 is 11.8 Å². The Morgan fingerprint density at radius 2 is 1.62 bits per heavy atom. The van der Waals surface area contributed by atoms with E-state index in [-0.39, 0.29) is 11.8 Å². The lowest BCUT2D eigenvalue weighted by atomic mass is 9.96. The number of nitrogens with zero attached hydrogens (tertiary/aromatic N) is 2. The summed E-state index contributed by atoms with van der Waals surface area (Å²) in [6.07, 6.45) is 6.53. The Morgan fingerprint density at radius 1 is 1.00 bits per heavy atom. The quantitative estimate of drug-likeness (QED) is 0.739. The summed E-state index contributed by atoms with van der Waals surface area (Å²) < 4.78 is 0. The fourth-order valence-electron chi connectivity index (χ4n) is 3.89. The van der Waals surface area contributed by atoms with Crippen LogP contribution in [0.5, 0.6) is 0 Å². The van der Waals surface area contributed by atoms with E-state index in [1.807, 2.05) is 21.9 Å². The van der Waals surface area contributed by atoms with Gasteiger partial charge in [-0.1, -0.05) is 45.2 Å². The van der Waals surface area contributed by atoms with Crippen molar-refractivity contribution in [2.24, 2.45) is 5.92 Å². The maximum absolute atomic E-state index is 12.7. The molecule has 1 heterocycles. The van der Waals surface area contributed by atoms with Crippen molar-refractivity contribution in [2.45, 2.75) is 58.3 Å². The van der Waals surface area contributed by atoms with Crippen LogP contribution >= 0.6 is 0 Å². The first-order valence-corrected chi connectivity index (χ1v) is 10.3. The van der Waals surface area contributed by atoms with Crippen molar-refractivity contribution in [3.05, 3.63) is 35.4 Å². The van der Waals surface area contributed by atoms with Gasteiger partial charge in [-0.2, -0.15) is 0 Å². The van der Waals surface area contributed by atoms with E-state index in [1.165, 1.54) is 18.4 Å². The molecule has 2 aliphatic rings. The zero-order valence-electron chi connectivity index (χ0n) is 16.2. The topological polar surface area (TPSA) is 40.6 Å². The Hall–Kier alpha value is -1.84. The van der Waals surface area contributed by atoms with E-state index in [0.29, 0.717) is 44.4 Å². The van der Waals surface area contributed by atoms with Crippen LogP contribution in [0.25, 0.3) is 0 Å². The van der Waals surface area contributed by atoms with Crippen LogP contribution < -0.4 is 0 Å². The van der Waals surface area contributed by atoms with Gasteiger partial charge in [0.05, 0.1) is 0 Å². The molecule has 4 heteroatoms. The van der Waals surface area contributed by atoms with Crippen molar-refractivity contribution in [1.29, 1.82) is 0 Å². The molecule has 1 atom stereocenters. The number of hydrogen-bond donors (Lipinski definition) is 0. The Balaban J connectivity index is 1.49. The van der Waals surface area contributed by atoms with Gasteiger partial charge in [0, 0.05) is 38.2 Å². The van der Waals surface area contributed by atoms with E-state index in [2.05, 4.69) is 26.0 Å². The van der Waals surface area contributed by atoms with Gasteiger partial charge >= 0.3 is 0 Å². The first kappa shape index (κ1) is 18.9. The van der Waals surface area contributed by atoms with Crippen LogP contribution in [0, 0.1) is 5.92 Å². The molecule has 0 N–H and O–H groups in total. The second-order valence-corrected chi connectivity index (χ2v) is 7.84. The van der Waals surface area contributed by atoms with Crippen molar-refractivity contribution in [3.63, 3.8) is 0 Å². The number of carbonyl (C=O) groups is 2. The minimum Gasteiger partial charge on any atom is -0.339 e. The van der Waals surface area contributed by atoms with Crippen molar-refractivity contribution in [2.75, 3.05) is 26.2 Å². The van der Waals surface area contributed by atoms with Gasteiger partial charge in [-0.25, -0.2) is 0 Å². The Bertz CT molecular complexity index is 614. The van der Waals surface area contributed by atoms with Crippen molar-refractivity contribution in [3.8, 4) is 0 Å². The summed E-state index contributed by atoms with van der Waals surface area (Å²) in [6, 6.07) is 8.13. The average Bonchev–Trinajstić information content (AvgIpc) is 3.52. The van der Waals surface area contributed by atoms with Crippen LogP contribution in [0.2, 0.25) is 0 Å². The number of amides is 2. The molecule has 1 aliphatic carbocycles. The van der Waals surface area contributed by atoms with Crippen molar-refractivity contribution in [1.82, 2.24) is 9.80 Å². The summed E-state index contributed by atoms with van der Waals surface area (Å²) in [5.74, 6) is 1.56. The lowest BCUT2D eigenvalue weighted by Crippen LogP contribution is -2.50. The molecule has 0 spiro atoms. The number of rotatable bonds is 7. The highest BCUT2D eigenvalue weighted by Crippen LogP contribution is 2.39. The van der Waals surface area contributed by atoms with Gasteiger partial charge in [-0.05, 0) is 42.4 Å². The Morgan fingerprint density at radius 3 is 2.15 bits per heavy atom. The van der Waals surface area contributed by atoms with E-state index in [4.69, 9.17) is 0 Å². The SMILES string of the molecule is CCCC(CC)CC(=O)N1CCN(C(=O)c2ccc(C3CC3)cc2)CC1. The molecule has 1 saturated heterocycles. The smallest absolute Gasteiger partial charge is 0.253 e. The maximum Gasteiger partial charge on any atom is 0.253 e. The van der Waals surface area contributed by atoms with Gasteiger partial charge in [0.25, 0.3) is 5.91 Å². The molecule has 142 valence electrons. The monoisotopic (exact) mass is 356 g/mol. The summed E-state index contributed by atoms with van der Waals surface area (Å²) >= 11 is 0.